The lowest BCUT2D eigenvalue weighted by molar-refractivity contribution is -0.170. The van der Waals surface area contributed by atoms with Crippen molar-refractivity contribution in [2.75, 3.05) is 6.54 Å². The first kappa shape index (κ1) is 12.9. The van der Waals surface area contributed by atoms with Crippen molar-refractivity contribution < 1.29 is 9.53 Å². The van der Waals surface area contributed by atoms with E-state index in [-0.39, 0.29) is 11.6 Å². The summed E-state index contributed by atoms with van der Waals surface area (Å²) in [5, 5.41) is 0. The van der Waals surface area contributed by atoms with E-state index in [1.807, 2.05) is 6.92 Å². The smallest absolute Gasteiger partial charge is 0.334 e. The van der Waals surface area contributed by atoms with Gasteiger partial charge in [0.15, 0.2) is 0 Å². The molecule has 0 aliphatic carbocycles. The van der Waals surface area contributed by atoms with E-state index < -0.39 is 0 Å². The van der Waals surface area contributed by atoms with Gasteiger partial charge < -0.3 is 4.74 Å². The van der Waals surface area contributed by atoms with Crippen molar-refractivity contribution in [1.29, 1.82) is 0 Å². The number of carbonyl (C=O) groups excluding carboxylic acids is 1. The Bertz CT molecular complexity index is 472. The van der Waals surface area contributed by atoms with Gasteiger partial charge in [0.25, 0.3) is 0 Å². The van der Waals surface area contributed by atoms with Crippen molar-refractivity contribution >= 4 is 5.97 Å². The predicted molar refractivity (Wildman–Crippen MR) is 77.2 cm³/mol. The second kappa shape index (κ2) is 4.33. The zero-order chi connectivity index (χ0) is 13.9. The number of rotatable bonds is 1. The Morgan fingerprint density at radius 2 is 2.20 bits per heavy atom. The summed E-state index contributed by atoms with van der Waals surface area (Å²) in [6.45, 7) is 5.40. The molecule has 0 radical (unpaired) electrons. The summed E-state index contributed by atoms with van der Waals surface area (Å²) in [5.74, 6) is 1.17. The van der Waals surface area contributed by atoms with Gasteiger partial charge in [-0.2, -0.15) is 0 Å². The molecule has 1 unspecified atom stereocenters. The van der Waals surface area contributed by atoms with Crippen molar-refractivity contribution in [3.05, 3.63) is 11.6 Å². The molecule has 3 saturated heterocycles. The van der Waals surface area contributed by atoms with Crippen molar-refractivity contribution in [3.8, 4) is 0 Å². The number of piperidine rings is 1. The molecule has 3 heteroatoms. The normalized spacial score (nSPS) is 50.0. The van der Waals surface area contributed by atoms with E-state index in [4.69, 9.17) is 4.74 Å². The van der Waals surface area contributed by atoms with Gasteiger partial charge in [-0.25, -0.2) is 4.79 Å². The first-order valence-electron chi connectivity index (χ1n) is 8.36. The molecule has 4 bridgehead atoms. The van der Waals surface area contributed by atoms with E-state index in [0.29, 0.717) is 12.0 Å². The molecular formula is C17H25NO2. The average molecular weight is 275 g/mol. The second-order valence-corrected chi connectivity index (χ2v) is 7.14. The van der Waals surface area contributed by atoms with Crippen LogP contribution in [0.2, 0.25) is 0 Å². The summed E-state index contributed by atoms with van der Waals surface area (Å²) in [4.78, 5) is 14.8. The van der Waals surface area contributed by atoms with Crippen LogP contribution in [0.25, 0.3) is 0 Å². The van der Waals surface area contributed by atoms with Crippen LogP contribution in [0.5, 0.6) is 0 Å². The molecule has 0 saturated carbocycles. The summed E-state index contributed by atoms with van der Waals surface area (Å²) in [6.07, 6.45) is 9.80. The highest BCUT2D eigenvalue weighted by Gasteiger charge is 2.63. The zero-order valence-corrected chi connectivity index (χ0v) is 12.6. The van der Waals surface area contributed by atoms with Crippen molar-refractivity contribution in [2.24, 2.45) is 11.8 Å². The molecule has 6 atom stereocenters. The number of ether oxygens (including phenoxy) is 1. The van der Waals surface area contributed by atoms with Crippen molar-refractivity contribution in [1.82, 2.24) is 4.90 Å². The maximum absolute atomic E-state index is 12.1. The fourth-order valence-electron chi connectivity index (χ4n) is 5.71. The van der Waals surface area contributed by atoms with Gasteiger partial charge in [0, 0.05) is 17.5 Å². The lowest BCUT2D eigenvalue weighted by Gasteiger charge is -2.52. The van der Waals surface area contributed by atoms with Gasteiger partial charge in [-0.15, -0.1) is 0 Å². The van der Waals surface area contributed by atoms with Crippen LogP contribution in [0.4, 0.5) is 0 Å². The van der Waals surface area contributed by atoms with Gasteiger partial charge in [0.05, 0.1) is 6.04 Å². The Hall–Kier alpha value is -0.830. The minimum Gasteiger partial charge on any atom is -0.449 e. The third-order valence-electron chi connectivity index (χ3n) is 6.35. The number of hydrogen-bond acceptors (Lipinski definition) is 3. The number of carbonyl (C=O) groups is 1. The first-order chi connectivity index (χ1) is 9.67. The molecule has 1 spiro atoms. The largest absolute Gasteiger partial charge is 0.449 e. The van der Waals surface area contributed by atoms with Gasteiger partial charge in [-0.1, -0.05) is 13.3 Å². The van der Waals surface area contributed by atoms with E-state index in [1.165, 1.54) is 38.6 Å². The van der Waals surface area contributed by atoms with Gasteiger partial charge in [-0.05, 0) is 57.6 Å². The molecule has 0 aromatic carbocycles. The summed E-state index contributed by atoms with van der Waals surface area (Å²) < 4.78 is 6.05. The number of esters is 1. The van der Waals surface area contributed by atoms with Crippen LogP contribution in [-0.4, -0.2) is 35.1 Å². The minimum atomic E-state index is -0.308. The fourth-order valence-corrected chi connectivity index (χ4v) is 5.71. The quantitative estimate of drug-likeness (QED) is 0.689. The number of nitrogens with zero attached hydrogens (tertiary/aromatic N) is 1. The maximum Gasteiger partial charge on any atom is 0.334 e. The summed E-state index contributed by atoms with van der Waals surface area (Å²) in [6, 6.07) is 1.19. The second-order valence-electron chi connectivity index (χ2n) is 7.14. The van der Waals surface area contributed by atoms with E-state index >= 15 is 0 Å². The van der Waals surface area contributed by atoms with Gasteiger partial charge in [0.1, 0.15) is 5.60 Å². The Kier molecular flexibility index (Phi) is 2.79. The van der Waals surface area contributed by atoms with Crippen molar-refractivity contribution in [2.45, 2.75) is 70.1 Å². The minimum absolute atomic E-state index is 0.0771. The van der Waals surface area contributed by atoms with Gasteiger partial charge in [-0.3, -0.25) is 4.90 Å². The first-order valence-corrected chi connectivity index (χ1v) is 8.36. The molecule has 0 N–H and O–H groups in total. The van der Waals surface area contributed by atoms with Crippen LogP contribution < -0.4 is 0 Å². The van der Waals surface area contributed by atoms with Crippen molar-refractivity contribution in [3.63, 3.8) is 0 Å². The molecular weight excluding hydrogens is 250 g/mol. The van der Waals surface area contributed by atoms with Crippen LogP contribution in [-0.2, 0) is 9.53 Å². The van der Waals surface area contributed by atoms with Gasteiger partial charge in [0.2, 0.25) is 0 Å². The lowest BCUT2D eigenvalue weighted by atomic mass is 9.67. The third-order valence-corrected chi connectivity index (χ3v) is 6.35. The van der Waals surface area contributed by atoms with Crippen LogP contribution in [0.15, 0.2) is 11.6 Å². The molecule has 0 aromatic rings. The molecule has 110 valence electrons. The molecule has 0 aromatic heterocycles. The van der Waals surface area contributed by atoms with E-state index in [1.54, 1.807) is 0 Å². The summed E-state index contributed by atoms with van der Waals surface area (Å²) in [7, 11) is 0. The maximum atomic E-state index is 12.1. The monoisotopic (exact) mass is 275 g/mol. The highest BCUT2D eigenvalue weighted by Crippen LogP contribution is 2.55. The average Bonchev–Trinajstić information content (AvgIpc) is 2.86. The molecule has 4 rings (SSSR count). The van der Waals surface area contributed by atoms with Crippen LogP contribution in [0.3, 0.4) is 0 Å². The predicted octanol–water partition coefficient (Wildman–Crippen LogP) is 2.90. The van der Waals surface area contributed by atoms with Crippen LogP contribution >= 0.6 is 0 Å². The summed E-state index contributed by atoms with van der Waals surface area (Å²) >= 11 is 0. The number of hydrogen-bond donors (Lipinski definition) is 0. The topological polar surface area (TPSA) is 29.5 Å². The zero-order valence-electron chi connectivity index (χ0n) is 12.6. The van der Waals surface area contributed by atoms with Crippen LogP contribution in [0.1, 0.15) is 52.4 Å². The Morgan fingerprint density at radius 3 is 2.90 bits per heavy atom. The number of fused-ring (bicyclic) bond motifs is 1. The molecule has 4 aliphatic heterocycles. The summed E-state index contributed by atoms with van der Waals surface area (Å²) in [5.41, 5.74) is 0.518. The standard InChI is InChI=1S/C17H25NO2/c1-3-13-12-6-4-5-9-18-14(12)7-8-15(18)17(13)10-11(2)16(19)20-17/h10,12-15H,3-9H2,1-2H3/t12-,13+,14+,15-,17-/m1/s1. The van der Waals surface area contributed by atoms with E-state index in [9.17, 15) is 4.79 Å². The fraction of sp³-hybridized carbons (Fsp3) is 0.824. The molecule has 4 heterocycles. The Balaban J connectivity index is 1.83. The Labute approximate surface area is 121 Å². The van der Waals surface area contributed by atoms with Gasteiger partial charge >= 0.3 is 5.97 Å². The highest BCUT2D eigenvalue weighted by atomic mass is 16.6. The molecule has 20 heavy (non-hydrogen) atoms. The van der Waals surface area contributed by atoms with Crippen LogP contribution in [0, 0.1) is 11.8 Å². The van der Waals surface area contributed by atoms with E-state index in [0.717, 1.165) is 24.0 Å². The SMILES string of the molecule is CC[C@H]1[C@H]2CCCCN3[C@H]2CC[C@@H]3[C@@]12C=C(C)C(=O)O2. The molecule has 3 fully saturated rings. The molecule has 3 nitrogen and oxygen atoms in total. The lowest BCUT2D eigenvalue weighted by Crippen LogP contribution is -2.63. The molecule has 4 aliphatic rings. The Morgan fingerprint density at radius 1 is 1.35 bits per heavy atom. The third kappa shape index (κ3) is 1.47. The van der Waals surface area contributed by atoms with E-state index in [2.05, 4.69) is 17.9 Å². The molecule has 0 amide bonds. The highest BCUT2D eigenvalue weighted by molar-refractivity contribution is 5.91.